The van der Waals surface area contributed by atoms with E-state index in [0.717, 1.165) is 0 Å². The van der Waals surface area contributed by atoms with Gasteiger partial charge in [0.05, 0.1) is 12.1 Å². The van der Waals surface area contributed by atoms with Crippen molar-refractivity contribution in [1.82, 2.24) is 9.78 Å². The highest BCUT2D eigenvalue weighted by molar-refractivity contribution is 5.93. The van der Waals surface area contributed by atoms with Crippen LogP contribution in [0, 0.1) is 17.7 Å². The van der Waals surface area contributed by atoms with Gasteiger partial charge in [0.2, 0.25) is 5.91 Å². The molecular formula is C15H15FN4O. The van der Waals surface area contributed by atoms with Gasteiger partial charge in [-0.3, -0.25) is 9.48 Å². The van der Waals surface area contributed by atoms with Crippen LogP contribution in [0.3, 0.4) is 0 Å². The summed E-state index contributed by atoms with van der Waals surface area (Å²) in [7, 11) is 0. The Morgan fingerprint density at radius 3 is 3.05 bits per heavy atom. The quantitative estimate of drug-likeness (QED) is 0.840. The Bertz CT molecular complexity index is 685. The summed E-state index contributed by atoms with van der Waals surface area (Å²) in [5.74, 6) is 4.51. The van der Waals surface area contributed by atoms with Crippen molar-refractivity contribution in [2.45, 2.75) is 13.0 Å². The van der Waals surface area contributed by atoms with Gasteiger partial charge < -0.3 is 11.1 Å². The van der Waals surface area contributed by atoms with E-state index >= 15 is 0 Å². The lowest BCUT2D eigenvalue weighted by Gasteiger charge is -2.13. The van der Waals surface area contributed by atoms with E-state index in [9.17, 15) is 9.18 Å². The second-order valence-corrected chi connectivity index (χ2v) is 4.35. The summed E-state index contributed by atoms with van der Waals surface area (Å²) in [6, 6.07) is 5.49. The smallest absolute Gasteiger partial charge is 0.248 e. The number of benzene rings is 1. The molecule has 1 atom stereocenters. The van der Waals surface area contributed by atoms with E-state index in [1.165, 1.54) is 22.9 Å². The zero-order chi connectivity index (χ0) is 15.2. The molecule has 0 saturated heterocycles. The summed E-state index contributed by atoms with van der Waals surface area (Å²) in [5, 5.41) is 6.72. The van der Waals surface area contributed by atoms with Gasteiger partial charge in [-0.1, -0.05) is 11.8 Å². The number of nitrogens with zero attached hydrogens (tertiary/aromatic N) is 2. The molecule has 0 aliphatic rings. The Morgan fingerprint density at radius 2 is 2.38 bits per heavy atom. The van der Waals surface area contributed by atoms with Crippen LogP contribution in [0.1, 0.15) is 18.5 Å². The molecule has 108 valence electrons. The lowest BCUT2D eigenvalue weighted by atomic mass is 10.2. The van der Waals surface area contributed by atoms with Crippen LogP contribution in [-0.4, -0.2) is 22.2 Å². The molecule has 0 fully saturated rings. The number of nitrogens with one attached hydrogen (secondary N) is 1. The third-order valence-corrected chi connectivity index (χ3v) is 2.86. The van der Waals surface area contributed by atoms with Crippen LogP contribution in [0.15, 0.2) is 36.7 Å². The third-order valence-electron chi connectivity index (χ3n) is 2.86. The van der Waals surface area contributed by atoms with Crippen LogP contribution < -0.4 is 11.1 Å². The Morgan fingerprint density at radius 1 is 1.57 bits per heavy atom. The lowest BCUT2D eigenvalue weighted by molar-refractivity contribution is -0.119. The van der Waals surface area contributed by atoms with Crippen molar-refractivity contribution in [3.63, 3.8) is 0 Å². The highest BCUT2D eigenvalue weighted by atomic mass is 19.1. The number of amides is 1. The molecule has 0 aliphatic carbocycles. The zero-order valence-corrected chi connectivity index (χ0v) is 11.5. The monoisotopic (exact) mass is 286 g/mol. The average molecular weight is 286 g/mol. The molecule has 5 nitrogen and oxygen atoms in total. The maximum absolute atomic E-state index is 13.5. The first-order valence-corrected chi connectivity index (χ1v) is 6.40. The molecule has 1 amide bonds. The molecule has 0 radical (unpaired) electrons. The van der Waals surface area contributed by atoms with Gasteiger partial charge in [-0.2, -0.15) is 5.10 Å². The molecule has 2 rings (SSSR count). The summed E-state index contributed by atoms with van der Waals surface area (Å²) >= 11 is 0. The number of hydrogen-bond acceptors (Lipinski definition) is 3. The molecular weight excluding hydrogens is 271 g/mol. The van der Waals surface area contributed by atoms with Crippen LogP contribution in [-0.2, 0) is 4.79 Å². The van der Waals surface area contributed by atoms with Crippen molar-refractivity contribution < 1.29 is 9.18 Å². The Balaban J connectivity index is 2.14. The lowest BCUT2D eigenvalue weighted by Crippen LogP contribution is -2.24. The van der Waals surface area contributed by atoms with Crippen molar-refractivity contribution in [2.75, 3.05) is 11.9 Å². The minimum atomic E-state index is -0.469. The normalized spacial score (nSPS) is 11.4. The maximum atomic E-state index is 13.5. The van der Waals surface area contributed by atoms with Crippen molar-refractivity contribution in [1.29, 1.82) is 0 Å². The standard InChI is InChI=1S/C15H15FN4O/c1-11(20-9-3-8-18-20)15(21)19-13-5-6-14(16)12(10-13)4-2-7-17/h3,5-6,8-11H,7,17H2,1H3,(H,19,21). The van der Waals surface area contributed by atoms with E-state index in [1.807, 2.05) is 0 Å². The zero-order valence-electron chi connectivity index (χ0n) is 11.5. The van der Waals surface area contributed by atoms with E-state index in [-0.39, 0.29) is 18.0 Å². The first kappa shape index (κ1) is 14.8. The Kier molecular flexibility index (Phi) is 4.69. The number of rotatable bonds is 3. The van der Waals surface area contributed by atoms with Gasteiger partial charge in [0.15, 0.2) is 0 Å². The first-order chi connectivity index (χ1) is 10.1. The van der Waals surface area contributed by atoms with Crippen molar-refractivity contribution in [2.24, 2.45) is 5.73 Å². The summed E-state index contributed by atoms with van der Waals surface area (Å²) in [6.07, 6.45) is 3.30. The number of hydrogen-bond donors (Lipinski definition) is 2. The van der Waals surface area contributed by atoms with Crippen LogP contribution in [0.4, 0.5) is 10.1 Å². The Labute approximate surface area is 122 Å². The third kappa shape index (κ3) is 3.68. The number of carbonyl (C=O) groups excluding carboxylic acids is 1. The maximum Gasteiger partial charge on any atom is 0.248 e. The second kappa shape index (κ2) is 6.68. The van der Waals surface area contributed by atoms with E-state index in [2.05, 4.69) is 22.3 Å². The molecule has 3 N–H and O–H groups in total. The molecule has 21 heavy (non-hydrogen) atoms. The van der Waals surface area contributed by atoms with Gasteiger partial charge in [-0.25, -0.2) is 4.39 Å². The first-order valence-electron chi connectivity index (χ1n) is 6.40. The van der Waals surface area contributed by atoms with Gasteiger partial charge in [-0.05, 0) is 31.2 Å². The molecule has 1 aromatic heterocycles. The fourth-order valence-electron chi connectivity index (χ4n) is 1.72. The average Bonchev–Trinajstić information content (AvgIpc) is 3.01. The number of nitrogens with two attached hydrogens (primary N) is 1. The van der Waals surface area contributed by atoms with Crippen molar-refractivity contribution in [3.05, 3.63) is 48.0 Å². The van der Waals surface area contributed by atoms with E-state index in [1.54, 1.807) is 25.4 Å². The SMILES string of the molecule is CC(C(=O)Nc1ccc(F)c(C#CCN)c1)n1cccn1. The van der Waals surface area contributed by atoms with Gasteiger partial charge in [0.1, 0.15) is 11.9 Å². The van der Waals surface area contributed by atoms with Gasteiger partial charge >= 0.3 is 0 Å². The molecule has 0 aliphatic heterocycles. The fraction of sp³-hybridized carbons (Fsp3) is 0.200. The second-order valence-electron chi connectivity index (χ2n) is 4.35. The van der Waals surface area contributed by atoms with Gasteiger partial charge in [0, 0.05) is 18.1 Å². The number of carbonyl (C=O) groups is 1. The van der Waals surface area contributed by atoms with E-state index < -0.39 is 11.9 Å². The molecule has 1 unspecified atom stereocenters. The number of anilines is 1. The van der Waals surface area contributed by atoms with Crippen molar-refractivity contribution >= 4 is 11.6 Å². The molecule has 0 spiro atoms. The minimum absolute atomic E-state index is 0.145. The minimum Gasteiger partial charge on any atom is -0.324 e. The molecule has 0 saturated carbocycles. The molecule has 0 bridgehead atoms. The largest absolute Gasteiger partial charge is 0.324 e. The summed E-state index contributed by atoms with van der Waals surface area (Å²) < 4.78 is 15.1. The number of halogens is 1. The highest BCUT2D eigenvalue weighted by Crippen LogP contribution is 2.16. The van der Waals surface area contributed by atoms with Gasteiger partial charge in [0.25, 0.3) is 0 Å². The van der Waals surface area contributed by atoms with Crippen LogP contribution in [0.25, 0.3) is 0 Å². The summed E-state index contributed by atoms with van der Waals surface area (Å²) in [5.41, 5.74) is 5.94. The predicted octanol–water partition coefficient (Wildman–Crippen LogP) is 1.53. The molecule has 1 aromatic carbocycles. The summed E-state index contributed by atoms with van der Waals surface area (Å²) in [6.45, 7) is 1.87. The van der Waals surface area contributed by atoms with Crippen LogP contribution in [0.5, 0.6) is 0 Å². The molecule has 1 heterocycles. The van der Waals surface area contributed by atoms with Crippen LogP contribution in [0.2, 0.25) is 0 Å². The van der Waals surface area contributed by atoms with E-state index in [4.69, 9.17) is 5.73 Å². The Hall–Kier alpha value is -2.65. The number of aromatic nitrogens is 2. The highest BCUT2D eigenvalue weighted by Gasteiger charge is 2.15. The predicted molar refractivity (Wildman–Crippen MR) is 77.9 cm³/mol. The van der Waals surface area contributed by atoms with Crippen LogP contribution >= 0.6 is 0 Å². The van der Waals surface area contributed by atoms with Gasteiger partial charge in [-0.15, -0.1) is 0 Å². The van der Waals surface area contributed by atoms with E-state index in [0.29, 0.717) is 5.69 Å². The summed E-state index contributed by atoms with van der Waals surface area (Å²) in [4.78, 5) is 12.1. The fourth-order valence-corrected chi connectivity index (χ4v) is 1.72. The molecule has 2 aromatic rings. The topological polar surface area (TPSA) is 72.9 Å². The molecule has 6 heteroatoms. The van der Waals surface area contributed by atoms with Crippen molar-refractivity contribution in [3.8, 4) is 11.8 Å².